The monoisotopic (exact) mass is 447 g/mol. The SMILES string of the molecule is COc1ccc(F)cc1CNCCCNc1ccnc2cc(Cc3ccc(F)cc3)ccc12. The summed E-state index contributed by atoms with van der Waals surface area (Å²) in [6, 6.07) is 19.4. The predicted octanol–water partition coefficient (Wildman–Crippen LogP) is 5.70. The number of nitrogens with zero attached hydrogens (tertiary/aromatic N) is 1. The molecule has 4 aromatic rings. The van der Waals surface area contributed by atoms with Gasteiger partial charge in [0.15, 0.2) is 0 Å². The third-order valence-corrected chi connectivity index (χ3v) is 5.53. The fourth-order valence-electron chi connectivity index (χ4n) is 3.84. The van der Waals surface area contributed by atoms with Gasteiger partial charge in [0, 0.05) is 35.9 Å². The summed E-state index contributed by atoms with van der Waals surface area (Å²) in [4.78, 5) is 4.52. The lowest BCUT2D eigenvalue weighted by Crippen LogP contribution is -2.18. The lowest BCUT2D eigenvalue weighted by atomic mass is 10.0. The molecule has 0 aliphatic heterocycles. The zero-order valence-electron chi connectivity index (χ0n) is 18.6. The molecule has 0 amide bonds. The Kier molecular flexibility index (Phi) is 7.47. The van der Waals surface area contributed by atoms with Crippen molar-refractivity contribution in [2.75, 3.05) is 25.5 Å². The van der Waals surface area contributed by atoms with Gasteiger partial charge in [-0.1, -0.05) is 24.3 Å². The molecule has 0 unspecified atom stereocenters. The van der Waals surface area contributed by atoms with Crippen molar-refractivity contribution in [2.45, 2.75) is 19.4 Å². The molecule has 0 aliphatic carbocycles. The second-order valence-corrected chi connectivity index (χ2v) is 7.93. The summed E-state index contributed by atoms with van der Waals surface area (Å²) in [7, 11) is 1.59. The maximum Gasteiger partial charge on any atom is 0.123 e. The molecule has 1 aromatic heterocycles. The van der Waals surface area contributed by atoms with E-state index in [4.69, 9.17) is 4.74 Å². The van der Waals surface area contributed by atoms with Gasteiger partial charge in [-0.2, -0.15) is 0 Å². The van der Waals surface area contributed by atoms with Gasteiger partial charge in [0.25, 0.3) is 0 Å². The van der Waals surface area contributed by atoms with E-state index in [2.05, 4.69) is 33.8 Å². The van der Waals surface area contributed by atoms with Crippen molar-refractivity contribution in [3.05, 3.63) is 101 Å². The van der Waals surface area contributed by atoms with E-state index < -0.39 is 0 Å². The van der Waals surface area contributed by atoms with E-state index >= 15 is 0 Å². The highest BCUT2D eigenvalue weighted by molar-refractivity contribution is 5.91. The average Bonchev–Trinajstić information content (AvgIpc) is 2.83. The van der Waals surface area contributed by atoms with Gasteiger partial charge in [0.05, 0.1) is 12.6 Å². The number of nitrogens with one attached hydrogen (secondary N) is 2. The number of methoxy groups -OCH3 is 1. The van der Waals surface area contributed by atoms with Gasteiger partial charge in [-0.15, -0.1) is 0 Å². The largest absolute Gasteiger partial charge is 0.496 e. The van der Waals surface area contributed by atoms with Crippen molar-refractivity contribution in [2.24, 2.45) is 0 Å². The van der Waals surface area contributed by atoms with Gasteiger partial charge < -0.3 is 15.4 Å². The molecule has 0 radical (unpaired) electrons. The number of ether oxygens (including phenoxy) is 1. The number of halogens is 2. The Bertz CT molecular complexity index is 1210. The molecule has 0 aliphatic rings. The fourth-order valence-corrected chi connectivity index (χ4v) is 3.84. The van der Waals surface area contributed by atoms with Crippen molar-refractivity contribution < 1.29 is 13.5 Å². The van der Waals surface area contributed by atoms with Gasteiger partial charge in [0.2, 0.25) is 0 Å². The molecule has 1 heterocycles. The predicted molar refractivity (Wildman–Crippen MR) is 129 cm³/mol. The Hall–Kier alpha value is -3.51. The highest BCUT2D eigenvalue weighted by Crippen LogP contribution is 2.24. The molecular weight excluding hydrogens is 420 g/mol. The average molecular weight is 448 g/mol. The fraction of sp³-hybridized carbons (Fsp3) is 0.222. The highest BCUT2D eigenvalue weighted by Gasteiger charge is 2.06. The van der Waals surface area contributed by atoms with Crippen LogP contribution in [0.25, 0.3) is 10.9 Å². The number of rotatable bonds is 10. The minimum Gasteiger partial charge on any atom is -0.496 e. The van der Waals surface area contributed by atoms with Crippen molar-refractivity contribution in [1.29, 1.82) is 0 Å². The molecule has 0 atom stereocenters. The van der Waals surface area contributed by atoms with E-state index in [9.17, 15) is 8.78 Å². The van der Waals surface area contributed by atoms with Gasteiger partial charge in [-0.05, 0) is 73.0 Å². The molecule has 33 heavy (non-hydrogen) atoms. The van der Waals surface area contributed by atoms with Crippen molar-refractivity contribution in [1.82, 2.24) is 10.3 Å². The number of pyridine rings is 1. The van der Waals surface area contributed by atoms with Crippen LogP contribution in [0.4, 0.5) is 14.5 Å². The van der Waals surface area contributed by atoms with Gasteiger partial charge in [-0.25, -0.2) is 8.78 Å². The van der Waals surface area contributed by atoms with E-state index in [1.807, 2.05) is 18.2 Å². The lowest BCUT2D eigenvalue weighted by Gasteiger charge is -2.12. The molecule has 170 valence electrons. The van der Waals surface area contributed by atoms with Crippen molar-refractivity contribution >= 4 is 16.6 Å². The normalized spacial score (nSPS) is 11.0. The third-order valence-electron chi connectivity index (χ3n) is 5.53. The quantitative estimate of drug-likeness (QED) is 0.306. The lowest BCUT2D eigenvalue weighted by molar-refractivity contribution is 0.406. The molecule has 0 saturated heterocycles. The van der Waals surface area contributed by atoms with Crippen LogP contribution in [0.3, 0.4) is 0 Å². The van der Waals surface area contributed by atoms with E-state index in [0.29, 0.717) is 12.3 Å². The highest BCUT2D eigenvalue weighted by atomic mass is 19.1. The molecule has 0 fully saturated rings. The number of fused-ring (bicyclic) bond motifs is 1. The number of anilines is 1. The van der Waals surface area contributed by atoms with E-state index in [1.54, 1.807) is 19.4 Å². The number of aromatic nitrogens is 1. The molecule has 0 saturated carbocycles. The minimum absolute atomic E-state index is 0.224. The van der Waals surface area contributed by atoms with E-state index in [1.165, 1.54) is 24.3 Å². The Morgan fingerprint density at radius 1 is 0.848 bits per heavy atom. The van der Waals surface area contributed by atoms with Crippen LogP contribution >= 0.6 is 0 Å². The molecule has 3 aromatic carbocycles. The summed E-state index contributed by atoms with van der Waals surface area (Å²) in [6.07, 6.45) is 3.45. The van der Waals surface area contributed by atoms with Gasteiger partial charge in [-0.3, -0.25) is 4.98 Å². The van der Waals surface area contributed by atoms with Crippen LogP contribution in [0, 0.1) is 11.6 Å². The van der Waals surface area contributed by atoms with Crippen LogP contribution in [0.5, 0.6) is 5.75 Å². The van der Waals surface area contributed by atoms with Gasteiger partial charge >= 0.3 is 0 Å². The topological polar surface area (TPSA) is 46.2 Å². The molecule has 4 rings (SSSR count). The maximum absolute atomic E-state index is 13.5. The molecule has 0 bridgehead atoms. The minimum atomic E-state index is -0.264. The van der Waals surface area contributed by atoms with Crippen LogP contribution in [-0.4, -0.2) is 25.2 Å². The first kappa shape index (κ1) is 22.7. The van der Waals surface area contributed by atoms with Crippen LogP contribution in [0.2, 0.25) is 0 Å². The summed E-state index contributed by atoms with van der Waals surface area (Å²) < 4.78 is 31.9. The summed E-state index contributed by atoms with van der Waals surface area (Å²) in [6.45, 7) is 2.14. The standard InChI is InChI=1S/C27H27F2N3O/c1-33-27-10-8-23(29)17-21(27)18-30-12-2-13-31-25-11-14-32-26-16-20(5-9-24(25)26)15-19-3-6-22(28)7-4-19/h3-11,14,16-17,30H,2,12-13,15,18H2,1H3,(H,31,32). The van der Waals surface area contributed by atoms with Crippen molar-refractivity contribution in [3.8, 4) is 5.75 Å². The van der Waals surface area contributed by atoms with Gasteiger partial charge in [0.1, 0.15) is 17.4 Å². The zero-order valence-corrected chi connectivity index (χ0v) is 18.6. The molecule has 6 heteroatoms. The van der Waals surface area contributed by atoms with Crippen LogP contribution in [0.1, 0.15) is 23.1 Å². The molecule has 2 N–H and O–H groups in total. The van der Waals surface area contributed by atoms with E-state index in [-0.39, 0.29) is 11.6 Å². The summed E-state index contributed by atoms with van der Waals surface area (Å²) in [5.41, 5.74) is 4.97. The first-order valence-corrected chi connectivity index (χ1v) is 11.0. The number of hydrogen-bond acceptors (Lipinski definition) is 4. The molecular formula is C27H27F2N3O. The summed E-state index contributed by atoms with van der Waals surface area (Å²) in [5.74, 6) is 0.197. The maximum atomic E-state index is 13.5. The molecule has 0 spiro atoms. The number of benzene rings is 3. The molecule has 4 nitrogen and oxygen atoms in total. The first-order chi connectivity index (χ1) is 16.1. The first-order valence-electron chi connectivity index (χ1n) is 11.0. The number of hydrogen-bond donors (Lipinski definition) is 2. The second-order valence-electron chi connectivity index (χ2n) is 7.93. The van der Waals surface area contributed by atoms with Crippen molar-refractivity contribution in [3.63, 3.8) is 0 Å². The Balaban J connectivity index is 1.30. The Morgan fingerprint density at radius 2 is 1.64 bits per heavy atom. The third kappa shape index (κ3) is 6.05. The van der Waals surface area contributed by atoms with Crippen LogP contribution in [0.15, 0.2) is 72.9 Å². The van der Waals surface area contributed by atoms with Crippen LogP contribution in [-0.2, 0) is 13.0 Å². The Labute approximate surface area is 192 Å². The zero-order chi connectivity index (χ0) is 23.0. The smallest absolute Gasteiger partial charge is 0.123 e. The summed E-state index contributed by atoms with van der Waals surface area (Å²) >= 11 is 0. The van der Waals surface area contributed by atoms with E-state index in [0.717, 1.165) is 59.2 Å². The Morgan fingerprint density at radius 3 is 2.45 bits per heavy atom. The van der Waals surface area contributed by atoms with Crippen LogP contribution < -0.4 is 15.4 Å². The summed E-state index contributed by atoms with van der Waals surface area (Å²) in [5, 5.41) is 7.89. The second kappa shape index (κ2) is 10.9.